The molecule has 174 valence electrons. The van der Waals surface area contributed by atoms with Gasteiger partial charge in [-0.1, -0.05) is 12.1 Å². The number of carbonyl (C=O) groups excluding carboxylic acids is 3. The lowest BCUT2D eigenvalue weighted by molar-refractivity contribution is 0.0495. The van der Waals surface area contributed by atoms with Crippen LogP contribution in [0.2, 0.25) is 0 Å². The Bertz CT molecular complexity index is 1090. The van der Waals surface area contributed by atoms with Crippen LogP contribution in [0.4, 0.5) is 0 Å². The molecule has 8 nitrogen and oxygen atoms in total. The molecule has 1 fully saturated rings. The standard InChI is InChI=1S/C25H28N2O6/c1-26-9-11-27(12-10-26)8-3-2-4-13-33-25(32)16-14-18-22(20(29)15-16)24(31)21-17(23(18)30)6-5-7-19(21)28/h5-7,14-15,28-29H,2-4,8-13H2,1H3. The van der Waals surface area contributed by atoms with Gasteiger partial charge in [0.25, 0.3) is 0 Å². The second-order valence-corrected chi connectivity index (χ2v) is 8.62. The van der Waals surface area contributed by atoms with Gasteiger partial charge in [0.15, 0.2) is 5.78 Å². The van der Waals surface area contributed by atoms with E-state index < -0.39 is 23.3 Å². The van der Waals surface area contributed by atoms with Crippen molar-refractivity contribution < 1.29 is 29.3 Å². The van der Waals surface area contributed by atoms with Crippen LogP contribution < -0.4 is 0 Å². The Morgan fingerprint density at radius 3 is 2.39 bits per heavy atom. The van der Waals surface area contributed by atoms with E-state index in [-0.39, 0.29) is 40.2 Å². The van der Waals surface area contributed by atoms with Crippen molar-refractivity contribution >= 4 is 17.5 Å². The van der Waals surface area contributed by atoms with Gasteiger partial charge in [-0.15, -0.1) is 0 Å². The van der Waals surface area contributed by atoms with Gasteiger partial charge in [-0.05, 0) is 51.1 Å². The van der Waals surface area contributed by atoms with Crippen molar-refractivity contribution in [1.29, 1.82) is 0 Å². The third kappa shape index (κ3) is 4.77. The normalized spacial score (nSPS) is 16.4. The van der Waals surface area contributed by atoms with E-state index in [1.807, 2.05) is 0 Å². The van der Waals surface area contributed by atoms with Crippen LogP contribution in [0.25, 0.3) is 0 Å². The monoisotopic (exact) mass is 452 g/mol. The topological polar surface area (TPSA) is 107 Å². The lowest BCUT2D eigenvalue weighted by atomic mass is 9.82. The number of phenolic OH excluding ortho intramolecular Hbond substituents is 2. The largest absolute Gasteiger partial charge is 0.507 e. The quantitative estimate of drug-likeness (QED) is 0.416. The van der Waals surface area contributed by atoms with Crippen LogP contribution >= 0.6 is 0 Å². The van der Waals surface area contributed by atoms with Crippen molar-refractivity contribution in [2.24, 2.45) is 0 Å². The summed E-state index contributed by atoms with van der Waals surface area (Å²) in [5, 5.41) is 20.4. The first-order chi connectivity index (χ1) is 15.9. The van der Waals surface area contributed by atoms with Gasteiger partial charge in [-0.25, -0.2) is 4.79 Å². The van der Waals surface area contributed by atoms with Gasteiger partial charge in [0, 0.05) is 37.3 Å². The van der Waals surface area contributed by atoms with Gasteiger partial charge in [-0.2, -0.15) is 0 Å². The summed E-state index contributed by atoms with van der Waals surface area (Å²) < 4.78 is 5.32. The number of piperazine rings is 1. The number of phenols is 2. The first-order valence-electron chi connectivity index (χ1n) is 11.2. The van der Waals surface area contributed by atoms with Gasteiger partial charge in [0.05, 0.1) is 23.3 Å². The Balaban J connectivity index is 1.34. The van der Waals surface area contributed by atoms with Gasteiger partial charge in [0.2, 0.25) is 5.78 Å². The van der Waals surface area contributed by atoms with E-state index in [2.05, 4.69) is 16.8 Å². The highest BCUT2D eigenvalue weighted by Crippen LogP contribution is 2.37. The number of carbonyl (C=O) groups is 3. The van der Waals surface area contributed by atoms with Crippen molar-refractivity contribution in [3.63, 3.8) is 0 Å². The third-order valence-electron chi connectivity index (χ3n) is 6.29. The molecule has 2 aromatic rings. The number of ether oxygens (including phenoxy) is 1. The third-order valence-corrected chi connectivity index (χ3v) is 6.29. The zero-order chi connectivity index (χ0) is 23.5. The smallest absolute Gasteiger partial charge is 0.338 e. The number of aromatic hydroxyl groups is 2. The summed E-state index contributed by atoms with van der Waals surface area (Å²) in [5.74, 6) is -2.67. The van der Waals surface area contributed by atoms with Crippen LogP contribution in [-0.2, 0) is 4.74 Å². The van der Waals surface area contributed by atoms with Crippen LogP contribution in [0.1, 0.15) is 61.5 Å². The Hall–Kier alpha value is -3.23. The van der Waals surface area contributed by atoms with Crippen molar-refractivity contribution in [1.82, 2.24) is 9.80 Å². The number of likely N-dealkylation sites (N-methyl/N-ethyl adjacent to an activating group) is 1. The molecule has 2 N–H and O–H groups in total. The first-order valence-corrected chi connectivity index (χ1v) is 11.2. The average molecular weight is 453 g/mol. The second kappa shape index (κ2) is 9.72. The Kier molecular flexibility index (Phi) is 6.76. The molecule has 2 aromatic carbocycles. The minimum Gasteiger partial charge on any atom is -0.507 e. The molecule has 1 heterocycles. The van der Waals surface area contributed by atoms with Crippen LogP contribution in [-0.4, -0.2) is 83.9 Å². The molecule has 1 aliphatic heterocycles. The van der Waals surface area contributed by atoms with Crippen molar-refractivity contribution in [3.05, 3.63) is 58.1 Å². The average Bonchev–Trinajstić information content (AvgIpc) is 2.80. The zero-order valence-corrected chi connectivity index (χ0v) is 18.7. The van der Waals surface area contributed by atoms with E-state index in [1.165, 1.54) is 24.3 Å². The molecule has 1 aliphatic carbocycles. The molecule has 0 aromatic heterocycles. The maximum atomic E-state index is 12.9. The van der Waals surface area contributed by atoms with E-state index in [9.17, 15) is 24.6 Å². The summed E-state index contributed by atoms with van der Waals surface area (Å²) in [6, 6.07) is 6.61. The summed E-state index contributed by atoms with van der Waals surface area (Å²) >= 11 is 0. The van der Waals surface area contributed by atoms with E-state index >= 15 is 0 Å². The molecule has 0 radical (unpaired) electrons. The number of esters is 1. The fourth-order valence-electron chi connectivity index (χ4n) is 4.33. The number of hydrogen-bond donors (Lipinski definition) is 2. The van der Waals surface area contributed by atoms with E-state index in [0.29, 0.717) is 0 Å². The number of nitrogens with zero attached hydrogens (tertiary/aromatic N) is 2. The predicted octanol–water partition coefficient (Wildman–Crippen LogP) is 2.45. The predicted molar refractivity (Wildman–Crippen MR) is 121 cm³/mol. The molecular weight excluding hydrogens is 424 g/mol. The van der Waals surface area contributed by atoms with Gasteiger partial charge in [0.1, 0.15) is 11.5 Å². The fourth-order valence-corrected chi connectivity index (χ4v) is 4.33. The lowest BCUT2D eigenvalue weighted by Gasteiger charge is -2.32. The Morgan fingerprint density at radius 2 is 1.64 bits per heavy atom. The van der Waals surface area contributed by atoms with E-state index in [4.69, 9.17) is 4.74 Å². The lowest BCUT2D eigenvalue weighted by Crippen LogP contribution is -2.44. The molecule has 0 spiro atoms. The van der Waals surface area contributed by atoms with Gasteiger partial charge >= 0.3 is 5.97 Å². The molecule has 0 bridgehead atoms. The van der Waals surface area contributed by atoms with E-state index in [0.717, 1.165) is 58.1 Å². The van der Waals surface area contributed by atoms with Crippen LogP contribution in [0, 0.1) is 0 Å². The molecule has 0 atom stereocenters. The van der Waals surface area contributed by atoms with Crippen LogP contribution in [0.15, 0.2) is 30.3 Å². The fraction of sp³-hybridized carbons (Fsp3) is 0.400. The molecule has 2 aliphatic rings. The number of unbranched alkanes of at least 4 members (excludes halogenated alkanes) is 2. The molecule has 0 amide bonds. The minimum atomic E-state index is -0.658. The number of benzene rings is 2. The van der Waals surface area contributed by atoms with Gasteiger partial charge < -0.3 is 24.7 Å². The highest BCUT2D eigenvalue weighted by atomic mass is 16.5. The second-order valence-electron chi connectivity index (χ2n) is 8.62. The maximum Gasteiger partial charge on any atom is 0.338 e. The minimum absolute atomic E-state index is 0.00781. The molecule has 33 heavy (non-hydrogen) atoms. The van der Waals surface area contributed by atoms with E-state index in [1.54, 1.807) is 0 Å². The molecular formula is C25H28N2O6. The van der Waals surface area contributed by atoms with Crippen molar-refractivity contribution in [2.45, 2.75) is 19.3 Å². The Labute approximate surface area is 192 Å². The molecule has 0 unspecified atom stereocenters. The number of fused-ring (bicyclic) bond motifs is 2. The van der Waals surface area contributed by atoms with Crippen LogP contribution in [0.3, 0.4) is 0 Å². The maximum absolute atomic E-state index is 12.9. The number of hydrogen-bond acceptors (Lipinski definition) is 8. The summed E-state index contributed by atoms with van der Waals surface area (Å²) in [6.45, 7) is 5.62. The SMILES string of the molecule is CN1CCN(CCCCCOC(=O)c2cc(O)c3c(c2)C(=O)c2cccc(O)c2C3=O)CC1. The van der Waals surface area contributed by atoms with Crippen LogP contribution in [0.5, 0.6) is 11.5 Å². The first kappa shape index (κ1) is 22.9. The number of rotatable bonds is 7. The van der Waals surface area contributed by atoms with Crippen molar-refractivity contribution in [3.8, 4) is 11.5 Å². The Morgan fingerprint density at radius 1 is 0.909 bits per heavy atom. The molecule has 4 rings (SSSR count). The zero-order valence-electron chi connectivity index (χ0n) is 18.7. The summed E-state index contributed by atoms with van der Waals surface area (Å²) in [6.07, 6.45) is 2.69. The summed E-state index contributed by atoms with van der Waals surface area (Å²) in [7, 11) is 2.13. The molecule has 8 heteroatoms. The molecule has 0 saturated carbocycles. The highest BCUT2D eigenvalue weighted by Gasteiger charge is 2.35. The summed E-state index contributed by atoms with van der Waals surface area (Å²) in [5.41, 5.74) is -0.380. The van der Waals surface area contributed by atoms with Gasteiger partial charge in [-0.3, -0.25) is 9.59 Å². The summed E-state index contributed by atoms with van der Waals surface area (Å²) in [4.78, 5) is 42.9. The van der Waals surface area contributed by atoms with Crippen molar-refractivity contribution in [2.75, 3.05) is 46.4 Å². The highest BCUT2D eigenvalue weighted by molar-refractivity contribution is 6.30. The number of ketones is 2. The molecule has 1 saturated heterocycles.